The van der Waals surface area contributed by atoms with Gasteiger partial charge in [0.05, 0.1) is 23.4 Å². The van der Waals surface area contributed by atoms with Crippen molar-refractivity contribution in [3.8, 4) is 17.0 Å². The minimum atomic E-state index is -0.268. The molecule has 0 atom stereocenters. The molecule has 4 nitrogen and oxygen atoms in total. The Labute approximate surface area is 149 Å². The first kappa shape index (κ1) is 16.5. The van der Waals surface area contributed by atoms with Crippen molar-refractivity contribution in [1.29, 1.82) is 0 Å². The van der Waals surface area contributed by atoms with Gasteiger partial charge in [0.2, 0.25) is 0 Å². The van der Waals surface area contributed by atoms with Gasteiger partial charge in [-0.05, 0) is 48.9 Å². The summed E-state index contributed by atoms with van der Waals surface area (Å²) < 4.78 is 5.14. The van der Waals surface area contributed by atoms with E-state index in [2.05, 4.69) is 10.3 Å². The van der Waals surface area contributed by atoms with Gasteiger partial charge >= 0.3 is 0 Å². The van der Waals surface area contributed by atoms with Crippen LogP contribution >= 0.6 is 22.9 Å². The van der Waals surface area contributed by atoms with E-state index < -0.39 is 0 Å². The van der Waals surface area contributed by atoms with Gasteiger partial charge in [-0.25, -0.2) is 4.98 Å². The van der Waals surface area contributed by atoms with Crippen molar-refractivity contribution >= 4 is 34.0 Å². The highest BCUT2D eigenvalue weighted by molar-refractivity contribution is 7.14. The number of amides is 1. The second kappa shape index (κ2) is 7.03. The fourth-order valence-electron chi connectivity index (χ4n) is 2.19. The monoisotopic (exact) mass is 358 g/mol. The highest BCUT2D eigenvalue weighted by atomic mass is 35.5. The van der Waals surface area contributed by atoms with Crippen molar-refractivity contribution in [3.05, 3.63) is 64.0 Å². The van der Waals surface area contributed by atoms with Crippen LogP contribution in [0.2, 0.25) is 5.02 Å². The summed E-state index contributed by atoms with van der Waals surface area (Å²) >= 11 is 7.50. The van der Waals surface area contributed by atoms with Crippen molar-refractivity contribution in [1.82, 2.24) is 4.98 Å². The van der Waals surface area contributed by atoms with Crippen LogP contribution in [0.1, 0.15) is 15.9 Å². The third-order valence-electron chi connectivity index (χ3n) is 3.48. The second-order valence-electron chi connectivity index (χ2n) is 5.20. The number of methoxy groups -OCH3 is 1. The number of anilines is 1. The highest BCUT2D eigenvalue weighted by Gasteiger charge is 2.13. The van der Waals surface area contributed by atoms with E-state index in [-0.39, 0.29) is 5.91 Å². The van der Waals surface area contributed by atoms with Crippen LogP contribution in [0.15, 0.2) is 47.8 Å². The first-order chi connectivity index (χ1) is 11.6. The van der Waals surface area contributed by atoms with Gasteiger partial charge in [0.1, 0.15) is 5.75 Å². The summed E-state index contributed by atoms with van der Waals surface area (Å²) in [6, 6.07) is 12.9. The Morgan fingerprint density at radius 2 is 1.96 bits per heavy atom. The van der Waals surface area contributed by atoms with Crippen molar-refractivity contribution in [3.63, 3.8) is 0 Å². The Morgan fingerprint density at radius 3 is 2.62 bits per heavy atom. The fraction of sp³-hybridized carbons (Fsp3) is 0.111. The number of rotatable bonds is 4. The average Bonchev–Trinajstić information content (AvgIpc) is 3.03. The van der Waals surface area contributed by atoms with E-state index in [4.69, 9.17) is 16.3 Å². The van der Waals surface area contributed by atoms with Gasteiger partial charge in [-0.3, -0.25) is 10.1 Å². The molecule has 0 aliphatic carbocycles. The molecule has 0 saturated carbocycles. The summed E-state index contributed by atoms with van der Waals surface area (Å²) in [5.74, 6) is 0.521. The number of ether oxygens (including phenoxy) is 1. The standard InChI is InChI=1S/C18H15ClN2O2S/c1-11-3-8-14(15(19)9-11)17(22)21-18-20-16(10-24-18)12-4-6-13(23-2)7-5-12/h3-10H,1-2H3,(H,20,21,22). The molecule has 0 fully saturated rings. The molecule has 2 aromatic carbocycles. The van der Waals surface area contributed by atoms with Crippen molar-refractivity contribution in [2.24, 2.45) is 0 Å². The molecule has 0 spiro atoms. The number of nitrogens with zero attached hydrogens (tertiary/aromatic N) is 1. The Balaban J connectivity index is 1.76. The Bertz CT molecular complexity index is 875. The predicted molar refractivity (Wildman–Crippen MR) is 98.2 cm³/mol. The van der Waals surface area contributed by atoms with Crippen LogP contribution in [0.5, 0.6) is 5.75 Å². The van der Waals surface area contributed by atoms with Gasteiger partial charge in [0.25, 0.3) is 5.91 Å². The number of nitrogens with one attached hydrogen (secondary N) is 1. The van der Waals surface area contributed by atoms with Crippen LogP contribution in [-0.2, 0) is 0 Å². The molecule has 0 radical (unpaired) electrons. The summed E-state index contributed by atoms with van der Waals surface area (Å²) in [6.07, 6.45) is 0. The Hall–Kier alpha value is -2.37. The van der Waals surface area contributed by atoms with Crippen LogP contribution in [0.4, 0.5) is 5.13 Å². The zero-order valence-corrected chi connectivity index (χ0v) is 14.7. The van der Waals surface area contributed by atoms with E-state index >= 15 is 0 Å². The van der Waals surface area contributed by atoms with Crippen molar-refractivity contribution in [2.75, 3.05) is 12.4 Å². The molecule has 24 heavy (non-hydrogen) atoms. The maximum atomic E-state index is 12.3. The summed E-state index contributed by atoms with van der Waals surface area (Å²) in [6.45, 7) is 1.93. The first-order valence-electron chi connectivity index (χ1n) is 7.24. The van der Waals surface area contributed by atoms with Crippen molar-refractivity contribution in [2.45, 2.75) is 6.92 Å². The summed E-state index contributed by atoms with van der Waals surface area (Å²) in [7, 11) is 1.63. The number of carbonyl (C=O) groups excluding carboxylic acids is 1. The van der Waals surface area contributed by atoms with Gasteiger partial charge in [-0.15, -0.1) is 11.3 Å². The maximum absolute atomic E-state index is 12.3. The molecular formula is C18H15ClN2O2S. The lowest BCUT2D eigenvalue weighted by Gasteiger charge is -2.05. The number of hydrogen-bond acceptors (Lipinski definition) is 4. The Morgan fingerprint density at radius 1 is 1.21 bits per heavy atom. The predicted octanol–water partition coefficient (Wildman–Crippen LogP) is 5.03. The number of carbonyl (C=O) groups is 1. The van der Waals surface area contributed by atoms with Gasteiger partial charge in [0.15, 0.2) is 5.13 Å². The zero-order chi connectivity index (χ0) is 17.1. The lowest BCUT2D eigenvalue weighted by molar-refractivity contribution is 0.102. The third kappa shape index (κ3) is 3.58. The van der Waals surface area contributed by atoms with E-state index in [1.165, 1.54) is 11.3 Å². The number of aromatic nitrogens is 1. The number of halogens is 1. The van der Waals surface area contributed by atoms with E-state index in [0.29, 0.717) is 15.7 Å². The van der Waals surface area contributed by atoms with E-state index in [1.54, 1.807) is 19.2 Å². The van der Waals surface area contributed by atoms with Gasteiger partial charge in [0, 0.05) is 10.9 Å². The van der Waals surface area contributed by atoms with Crippen LogP contribution < -0.4 is 10.1 Å². The largest absolute Gasteiger partial charge is 0.497 e. The number of thiazole rings is 1. The van der Waals surface area contributed by atoms with Crippen LogP contribution in [-0.4, -0.2) is 18.0 Å². The lowest BCUT2D eigenvalue weighted by atomic mass is 10.1. The first-order valence-corrected chi connectivity index (χ1v) is 8.50. The molecule has 3 aromatic rings. The minimum absolute atomic E-state index is 0.268. The summed E-state index contributed by atoms with van der Waals surface area (Å²) in [5.41, 5.74) is 3.20. The molecule has 1 heterocycles. The molecule has 1 amide bonds. The van der Waals surface area contributed by atoms with Gasteiger partial charge in [-0.2, -0.15) is 0 Å². The zero-order valence-electron chi connectivity index (χ0n) is 13.2. The molecule has 0 aliphatic heterocycles. The normalized spacial score (nSPS) is 10.5. The Kier molecular flexibility index (Phi) is 4.83. The van der Waals surface area contributed by atoms with Crippen LogP contribution in [0.25, 0.3) is 11.3 Å². The molecule has 1 N–H and O–H groups in total. The topological polar surface area (TPSA) is 51.2 Å². The van der Waals surface area contributed by atoms with Crippen LogP contribution in [0.3, 0.4) is 0 Å². The SMILES string of the molecule is COc1ccc(-c2csc(NC(=O)c3ccc(C)cc3Cl)n2)cc1. The molecule has 1 aromatic heterocycles. The third-order valence-corrected chi connectivity index (χ3v) is 4.55. The molecule has 0 bridgehead atoms. The molecule has 3 rings (SSSR count). The summed E-state index contributed by atoms with van der Waals surface area (Å²) in [4.78, 5) is 16.8. The van der Waals surface area contributed by atoms with Gasteiger partial charge < -0.3 is 4.74 Å². The van der Waals surface area contributed by atoms with E-state index in [9.17, 15) is 4.79 Å². The minimum Gasteiger partial charge on any atom is -0.497 e. The number of benzene rings is 2. The highest BCUT2D eigenvalue weighted by Crippen LogP contribution is 2.27. The molecule has 122 valence electrons. The maximum Gasteiger partial charge on any atom is 0.258 e. The molecule has 6 heteroatoms. The van der Waals surface area contributed by atoms with E-state index in [0.717, 1.165) is 22.6 Å². The van der Waals surface area contributed by atoms with E-state index in [1.807, 2.05) is 42.6 Å². The van der Waals surface area contributed by atoms with Crippen LogP contribution in [0, 0.1) is 6.92 Å². The smallest absolute Gasteiger partial charge is 0.258 e. The average molecular weight is 359 g/mol. The number of aryl methyl sites for hydroxylation is 1. The lowest BCUT2D eigenvalue weighted by Crippen LogP contribution is -2.12. The molecule has 0 aliphatic rings. The molecular weight excluding hydrogens is 344 g/mol. The molecule has 0 unspecified atom stereocenters. The second-order valence-corrected chi connectivity index (χ2v) is 6.47. The number of hydrogen-bond donors (Lipinski definition) is 1. The quantitative estimate of drug-likeness (QED) is 0.711. The van der Waals surface area contributed by atoms with Crippen molar-refractivity contribution < 1.29 is 9.53 Å². The fourth-order valence-corrected chi connectivity index (χ4v) is 3.23. The summed E-state index contributed by atoms with van der Waals surface area (Å²) in [5, 5.41) is 5.65. The van der Waals surface area contributed by atoms with Gasteiger partial charge in [-0.1, -0.05) is 17.7 Å². The molecule has 0 saturated heterocycles.